The van der Waals surface area contributed by atoms with Crippen LogP contribution in [0.15, 0.2) is 24.3 Å². The molecule has 0 saturated heterocycles. The first-order valence-electron chi connectivity index (χ1n) is 6.12. The van der Waals surface area contributed by atoms with Crippen molar-refractivity contribution in [3.63, 3.8) is 0 Å². The number of nitrogens with two attached hydrogens (primary N) is 1. The molecule has 1 rings (SSSR count). The molecule has 0 heterocycles. The molecule has 2 N–H and O–H groups in total. The summed E-state index contributed by atoms with van der Waals surface area (Å²) >= 11 is 0. The van der Waals surface area contributed by atoms with E-state index in [1.165, 1.54) is 0 Å². The molecule has 0 spiro atoms. The van der Waals surface area contributed by atoms with Crippen LogP contribution in [-0.2, 0) is 11.3 Å². The SMILES string of the molecule is CCN(CCOCC(F)(F)F)Cc1ccccc1N. The van der Waals surface area contributed by atoms with Crippen molar-refractivity contribution in [2.45, 2.75) is 19.6 Å². The van der Waals surface area contributed by atoms with Crippen LogP contribution < -0.4 is 5.73 Å². The number of benzene rings is 1. The molecule has 0 aliphatic rings. The molecule has 0 amide bonds. The van der Waals surface area contributed by atoms with E-state index in [2.05, 4.69) is 4.74 Å². The fraction of sp³-hybridized carbons (Fsp3) is 0.538. The standard InChI is InChI=1S/C13H19F3N2O/c1-2-18(7-8-19-10-13(14,15)16)9-11-5-3-4-6-12(11)17/h3-6H,2,7-10,17H2,1H3. The van der Waals surface area contributed by atoms with Crippen LogP contribution >= 0.6 is 0 Å². The maximum Gasteiger partial charge on any atom is 0.411 e. The van der Waals surface area contributed by atoms with Crippen molar-refractivity contribution in [1.29, 1.82) is 0 Å². The summed E-state index contributed by atoms with van der Waals surface area (Å²) in [6, 6.07) is 7.46. The van der Waals surface area contributed by atoms with Gasteiger partial charge in [0.25, 0.3) is 0 Å². The van der Waals surface area contributed by atoms with Crippen LogP contribution in [0.4, 0.5) is 18.9 Å². The van der Waals surface area contributed by atoms with Gasteiger partial charge in [0.1, 0.15) is 6.61 Å². The molecule has 0 aliphatic carbocycles. The van der Waals surface area contributed by atoms with E-state index in [1.54, 1.807) is 0 Å². The number of ether oxygens (including phenoxy) is 1. The molecule has 108 valence electrons. The van der Waals surface area contributed by atoms with E-state index < -0.39 is 12.8 Å². The second-order valence-corrected chi connectivity index (χ2v) is 4.24. The lowest BCUT2D eigenvalue weighted by molar-refractivity contribution is -0.174. The third-order valence-electron chi connectivity index (χ3n) is 2.71. The Balaban J connectivity index is 2.36. The zero-order valence-corrected chi connectivity index (χ0v) is 10.9. The van der Waals surface area contributed by atoms with E-state index in [0.717, 1.165) is 12.1 Å². The Hall–Kier alpha value is -1.27. The molecule has 1 aromatic rings. The molecule has 0 aliphatic heterocycles. The fourth-order valence-electron chi connectivity index (χ4n) is 1.65. The Morgan fingerprint density at radius 1 is 1.26 bits per heavy atom. The number of halogens is 3. The summed E-state index contributed by atoms with van der Waals surface area (Å²) in [5.41, 5.74) is 7.49. The topological polar surface area (TPSA) is 38.5 Å². The van der Waals surface area contributed by atoms with Crippen molar-refractivity contribution in [3.05, 3.63) is 29.8 Å². The number of hydrogen-bond donors (Lipinski definition) is 1. The first kappa shape index (κ1) is 15.8. The molecule has 1 aromatic carbocycles. The van der Waals surface area contributed by atoms with Gasteiger partial charge in [0.05, 0.1) is 6.61 Å². The highest BCUT2D eigenvalue weighted by molar-refractivity contribution is 5.46. The number of anilines is 1. The normalized spacial score (nSPS) is 12.1. The molecule has 0 saturated carbocycles. The monoisotopic (exact) mass is 276 g/mol. The van der Waals surface area contributed by atoms with Crippen molar-refractivity contribution in [3.8, 4) is 0 Å². The maximum atomic E-state index is 11.9. The van der Waals surface area contributed by atoms with Gasteiger partial charge in [-0.1, -0.05) is 25.1 Å². The molecule has 3 nitrogen and oxygen atoms in total. The van der Waals surface area contributed by atoms with Crippen molar-refractivity contribution >= 4 is 5.69 Å². The molecule has 0 radical (unpaired) electrons. The van der Waals surface area contributed by atoms with E-state index in [9.17, 15) is 13.2 Å². The molecule has 0 atom stereocenters. The van der Waals surface area contributed by atoms with Gasteiger partial charge in [-0.3, -0.25) is 4.90 Å². The molecular formula is C13H19F3N2O. The maximum absolute atomic E-state index is 11.9. The summed E-state index contributed by atoms with van der Waals surface area (Å²) in [5.74, 6) is 0. The molecule has 0 bridgehead atoms. The summed E-state index contributed by atoms with van der Waals surface area (Å²) in [4.78, 5) is 1.99. The minimum atomic E-state index is -4.26. The van der Waals surface area contributed by atoms with Crippen LogP contribution in [0, 0.1) is 0 Å². The van der Waals surface area contributed by atoms with Crippen molar-refractivity contribution < 1.29 is 17.9 Å². The third-order valence-corrected chi connectivity index (χ3v) is 2.71. The highest BCUT2D eigenvalue weighted by Crippen LogP contribution is 2.15. The van der Waals surface area contributed by atoms with Gasteiger partial charge in [-0.2, -0.15) is 13.2 Å². The van der Waals surface area contributed by atoms with E-state index in [-0.39, 0.29) is 6.61 Å². The van der Waals surface area contributed by atoms with Gasteiger partial charge in [0.15, 0.2) is 0 Å². The van der Waals surface area contributed by atoms with Gasteiger partial charge < -0.3 is 10.5 Å². The minimum Gasteiger partial charge on any atom is -0.398 e. The highest BCUT2D eigenvalue weighted by atomic mass is 19.4. The Kier molecular flexibility index (Phi) is 6.11. The molecule has 0 fully saturated rings. The molecule has 0 aromatic heterocycles. The van der Waals surface area contributed by atoms with Gasteiger partial charge in [0, 0.05) is 18.8 Å². The van der Waals surface area contributed by atoms with Crippen molar-refractivity contribution in [1.82, 2.24) is 4.90 Å². The number of alkyl halides is 3. The van der Waals surface area contributed by atoms with E-state index in [0.29, 0.717) is 18.8 Å². The zero-order chi connectivity index (χ0) is 14.3. The smallest absolute Gasteiger partial charge is 0.398 e. The summed E-state index contributed by atoms with van der Waals surface area (Å²) < 4.78 is 40.3. The Labute approximate surface area is 111 Å². The molecule has 6 heteroatoms. The highest BCUT2D eigenvalue weighted by Gasteiger charge is 2.27. The van der Waals surface area contributed by atoms with Crippen LogP contribution in [0.5, 0.6) is 0 Å². The fourth-order valence-corrected chi connectivity index (χ4v) is 1.65. The second-order valence-electron chi connectivity index (χ2n) is 4.24. The van der Waals surface area contributed by atoms with Gasteiger partial charge >= 0.3 is 6.18 Å². The number of hydrogen-bond acceptors (Lipinski definition) is 3. The lowest BCUT2D eigenvalue weighted by atomic mass is 10.1. The van der Waals surface area contributed by atoms with Crippen LogP contribution in [-0.4, -0.2) is 37.4 Å². The van der Waals surface area contributed by atoms with Gasteiger partial charge in [0.2, 0.25) is 0 Å². The van der Waals surface area contributed by atoms with Gasteiger partial charge in [-0.05, 0) is 18.2 Å². The average Bonchev–Trinajstić information content (AvgIpc) is 2.34. The predicted octanol–water partition coefficient (Wildman–Crippen LogP) is 2.67. The summed E-state index contributed by atoms with van der Waals surface area (Å²) in [7, 11) is 0. The van der Waals surface area contributed by atoms with Crippen LogP contribution in [0.1, 0.15) is 12.5 Å². The number of nitrogens with zero attached hydrogens (tertiary/aromatic N) is 1. The summed E-state index contributed by atoms with van der Waals surface area (Å²) in [6.45, 7) is 2.59. The number of nitrogen functional groups attached to an aromatic ring is 1. The van der Waals surface area contributed by atoms with Crippen LogP contribution in [0.3, 0.4) is 0 Å². The zero-order valence-electron chi connectivity index (χ0n) is 10.9. The average molecular weight is 276 g/mol. The number of para-hydroxylation sites is 1. The summed E-state index contributed by atoms with van der Waals surface area (Å²) in [5, 5.41) is 0. The van der Waals surface area contributed by atoms with E-state index in [1.807, 2.05) is 36.1 Å². The summed E-state index contributed by atoms with van der Waals surface area (Å²) in [6.07, 6.45) is -4.26. The lowest BCUT2D eigenvalue weighted by Gasteiger charge is -2.21. The second kappa shape index (κ2) is 7.35. The van der Waals surface area contributed by atoms with Crippen LogP contribution in [0.25, 0.3) is 0 Å². The largest absolute Gasteiger partial charge is 0.411 e. The van der Waals surface area contributed by atoms with Gasteiger partial charge in [-0.25, -0.2) is 0 Å². The lowest BCUT2D eigenvalue weighted by Crippen LogP contribution is -2.29. The Morgan fingerprint density at radius 2 is 1.95 bits per heavy atom. The Morgan fingerprint density at radius 3 is 2.53 bits per heavy atom. The predicted molar refractivity (Wildman–Crippen MR) is 68.7 cm³/mol. The van der Waals surface area contributed by atoms with Crippen LogP contribution in [0.2, 0.25) is 0 Å². The van der Waals surface area contributed by atoms with Gasteiger partial charge in [-0.15, -0.1) is 0 Å². The van der Waals surface area contributed by atoms with E-state index in [4.69, 9.17) is 5.73 Å². The molecule has 19 heavy (non-hydrogen) atoms. The number of rotatable bonds is 7. The van der Waals surface area contributed by atoms with Crippen molar-refractivity contribution in [2.24, 2.45) is 0 Å². The molecule has 0 unspecified atom stereocenters. The quantitative estimate of drug-likeness (QED) is 0.614. The first-order valence-corrected chi connectivity index (χ1v) is 6.12. The Bertz CT molecular complexity index is 382. The third kappa shape index (κ3) is 6.45. The first-order chi connectivity index (χ1) is 8.92. The molecular weight excluding hydrogens is 257 g/mol. The van der Waals surface area contributed by atoms with Crippen molar-refractivity contribution in [2.75, 3.05) is 32.0 Å². The number of likely N-dealkylation sites (N-methyl/N-ethyl adjacent to an activating group) is 1. The van der Waals surface area contributed by atoms with E-state index >= 15 is 0 Å². The minimum absolute atomic E-state index is 0.0556.